The normalized spacial score (nSPS) is 7.60. The molecular weight excluding hydrogens is 199 g/mol. The monoisotopic (exact) mass is 206 g/mol. The van der Waals surface area contributed by atoms with Crippen LogP contribution in [0.4, 0.5) is 0 Å². The van der Waals surface area contributed by atoms with E-state index in [1.807, 2.05) is 6.92 Å². The first kappa shape index (κ1) is 5.82. The van der Waals surface area contributed by atoms with Crippen LogP contribution in [-0.2, 0) is 0 Å². The summed E-state index contributed by atoms with van der Waals surface area (Å²) in [4.78, 5) is 0. The van der Waals surface area contributed by atoms with Crippen LogP contribution in [0, 0.1) is 0 Å². The SMILES string of the molecule is C=C(C)[Te]Cl. The molecule has 30 valence electrons. The van der Waals surface area contributed by atoms with Gasteiger partial charge in [-0.25, -0.2) is 0 Å². The molecule has 0 aliphatic rings. The number of rotatable bonds is 1. The molecule has 0 aliphatic heterocycles. The Balaban J connectivity index is 2.85. The molecule has 0 N–H and O–H groups in total. The molecule has 0 radical (unpaired) electrons. The summed E-state index contributed by atoms with van der Waals surface area (Å²) in [5.74, 6) is 0. The first-order valence-electron chi connectivity index (χ1n) is 1.21. The van der Waals surface area contributed by atoms with Crippen molar-refractivity contribution in [1.29, 1.82) is 0 Å². The Morgan fingerprint density at radius 1 is 2.00 bits per heavy atom. The summed E-state index contributed by atoms with van der Waals surface area (Å²) in [5.41, 5.74) is 0. The van der Waals surface area contributed by atoms with Gasteiger partial charge in [-0.3, -0.25) is 0 Å². The Bertz CT molecular complexity index is 42.2. The van der Waals surface area contributed by atoms with Gasteiger partial charge >= 0.3 is 45.9 Å². The Hall–Kier alpha value is 0.820. The Kier molecular flexibility index (Phi) is 3.52. The van der Waals surface area contributed by atoms with E-state index >= 15 is 0 Å². The van der Waals surface area contributed by atoms with Gasteiger partial charge in [-0.05, 0) is 0 Å². The molecule has 0 atom stereocenters. The molecule has 0 aromatic carbocycles. The molecule has 0 aromatic rings. The van der Waals surface area contributed by atoms with Gasteiger partial charge in [-0.1, -0.05) is 0 Å². The van der Waals surface area contributed by atoms with E-state index < -0.39 is 0 Å². The Morgan fingerprint density at radius 3 is 2.20 bits per heavy atom. The van der Waals surface area contributed by atoms with Gasteiger partial charge in [-0.15, -0.1) is 0 Å². The predicted molar refractivity (Wildman–Crippen MR) is 26.4 cm³/mol. The first-order chi connectivity index (χ1) is 2.27. The average molecular weight is 204 g/mol. The van der Waals surface area contributed by atoms with Crippen LogP contribution in [0.3, 0.4) is 0 Å². The van der Waals surface area contributed by atoms with E-state index in [4.69, 9.17) is 8.96 Å². The van der Waals surface area contributed by atoms with Crippen molar-refractivity contribution in [3.8, 4) is 0 Å². The van der Waals surface area contributed by atoms with Crippen molar-refractivity contribution in [2.45, 2.75) is 6.92 Å². The minimum atomic E-state index is -0.312. The summed E-state index contributed by atoms with van der Waals surface area (Å²) in [7, 11) is 5.37. The van der Waals surface area contributed by atoms with Gasteiger partial charge in [0.15, 0.2) is 0 Å². The van der Waals surface area contributed by atoms with Crippen molar-refractivity contribution in [2.24, 2.45) is 0 Å². The van der Waals surface area contributed by atoms with E-state index in [1.165, 1.54) is 0 Å². The summed E-state index contributed by atoms with van der Waals surface area (Å²) in [6, 6.07) is 0. The summed E-state index contributed by atoms with van der Waals surface area (Å²) >= 11 is -0.312. The number of allylic oxidation sites excluding steroid dienone is 1. The number of halogens is 1. The van der Waals surface area contributed by atoms with Gasteiger partial charge in [0.25, 0.3) is 0 Å². The fourth-order valence-corrected chi connectivity index (χ4v) is 0. The Labute approximate surface area is 46.0 Å². The summed E-state index contributed by atoms with van der Waals surface area (Å²) < 4.78 is 1.15. The van der Waals surface area contributed by atoms with Gasteiger partial charge < -0.3 is 0 Å². The third kappa shape index (κ3) is 4.82. The van der Waals surface area contributed by atoms with E-state index in [2.05, 4.69) is 6.58 Å². The zero-order chi connectivity index (χ0) is 4.28. The van der Waals surface area contributed by atoms with Crippen molar-refractivity contribution < 1.29 is 0 Å². The quantitative estimate of drug-likeness (QED) is 0.566. The van der Waals surface area contributed by atoms with Crippen LogP contribution in [0.5, 0.6) is 0 Å². The van der Waals surface area contributed by atoms with Gasteiger partial charge in [0.05, 0.1) is 0 Å². The second-order valence-corrected chi connectivity index (χ2v) is 4.24. The molecule has 0 nitrogen and oxygen atoms in total. The maximum absolute atomic E-state index is 5.37. The van der Waals surface area contributed by atoms with E-state index in [9.17, 15) is 0 Å². The molecule has 0 amide bonds. The molecule has 0 spiro atoms. The van der Waals surface area contributed by atoms with Crippen LogP contribution in [0.2, 0.25) is 0 Å². The van der Waals surface area contributed by atoms with Crippen LogP contribution in [0.1, 0.15) is 6.92 Å². The molecule has 0 aliphatic carbocycles. The summed E-state index contributed by atoms with van der Waals surface area (Å²) in [6.45, 7) is 5.55. The summed E-state index contributed by atoms with van der Waals surface area (Å²) in [6.07, 6.45) is 0. The zero-order valence-corrected chi connectivity index (χ0v) is 6.08. The second-order valence-electron chi connectivity index (χ2n) is 0.779. The number of hydrogen-bond donors (Lipinski definition) is 0. The standard InChI is InChI=1S/C3H5ClTe/c1-3(2)5-4/h1H2,2H3. The van der Waals surface area contributed by atoms with Crippen LogP contribution in [0.25, 0.3) is 0 Å². The molecular formula is C3H5ClTe. The van der Waals surface area contributed by atoms with Crippen molar-refractivity contribution >= 4 is 28.8 Å². The second kappa shape index (κ2) is 3.03. The molecule has 0 saturated carbocycles. The Morgan fingerprint density at radius 2 is 2.20 bits per heavy atom. The molecule has 0 bridgehead atoms. The molecule has 2 heteroatoms. The van der Waals surface area contributed by atoms with E-state index in [0.717, 1.165) is 3.62 Å². The molecule has 0 rings (SSSR count). The molecule has 0 fully saturated rings. The van der Waals surface area contributed by atoms with Crippen molar-refractivity contribution in [1.82, 2.24) is 0 Å². The van der Waals surface area contributed by atoms with Crippen LogP contribution in [-0.4, -0.2) is 19.8 Å². The third-order valence-corrected chi connectivity index (χ3v) is 2.65. The molecule has 0 unspecified atom stereocenters. The van der Waals surface area contributed by atoms with Gasteiger partial charge in [0, 0.05) is 0 Å². The van der Waals surface area contributed by atoms with Crippen LogP contribution < -0.4 is 0 Å². The number of hydrogen-bond acceptors (Lipinski definition) is 0. The van der Waals surface area contributed by atoms with E-state index in [1.54, 1.807) is 0 Å². The first-order valence-corrected chi connectivity index (χ1v) is 5.33. The molecule has 0 aromatic heterocycles. The van der Waals surface area contributed by atoms with Gasteiger partial charge in [0.1, 0.15) is 0 Å². The molecule has 0 heterocycles. The third-order valence-electron chi connectivity index (χ3n) is 0.132. The van der Waals surface area contributed by atoms with Crippen LogP contribution >= 0.6 is 8.96 Å². The molecule has 0 saturated heterocycles. The fraction of sp³-hybridized carbons (Fsp3) is 0.333. The predicted octanol–water partition coefficient (Wildman–Crippen LogP) is 1.38. The van der Waals surface area contributed by atoms with Crippen molar-refractivity contribution in [3.63, 3.8) is 0 Å². The van der Waals surface area contributed by atoms with Crippen molar-refractivity contribution in [2.75, 3.05) is 0 Å². The topological polar surface area (TPSA) is 0 Å². The van der Waals surface area contributed by atoms with Gasteiger partial charge in [-0.2, -0.15) is 0 Å². The average Bonchev–Trinajstić information content (AvgIpc) is 1.38. The zero-order valence-electron chi connectivity index (χ0n) is 2.99. The maximum atomic E-state index is 5.37. The van der Waals surface area contributed by atoms with Crippen molar-refractivity contribution in [3.05, 3.63) is 10.2 Å². The van der Waals surface area contributed by atoms with Crippen LogP contribution in [0.15, 0.2) is 10.2 Å². The minimum absolute atomic E-state index is 0.312. The van der Waals surface area contributed by atoms with Gasteiger partial charge in [0.2, 0.25) is 0 Å². The molecule has 5 heavy (non-hydrogen) atoms. The van der Waals surface area contributed by atoms with E-state index in [-0.39, 0.29) is 19.8 Å². The summed E-state index contributed by atoms with van der Waals surface area (Å²) in [5, 5.41) is 0. The fourth-order valence-electron chi connectivity index (χ4n) is 0. The van der Waals surface area contributed by atoms with E-state index in [0.29, 0.717) is 0 Å².